The number of hydrogen-bond donors (Lipinski definition) is 1. The van der Waals surface area contributed by atoms with Crippen molar-refractivity contribution in [1.29, 1.82) is 0 Å². The number of nitrogens with zero attached hydrogens (tertiary/aromatic N) is 1. The molecule has 4 heteroatoms. The van der Waals surface area contributed by atoms with Crippen LogP contribution in [-0.4, -0.2) is 5.11 Å². The molecule has 0 fully saturated rings. The molecule has 0 saturated heterocycles. The molecule has 0 aliphatic rings. The van der Waals surface area contributed by atoms with Crippen molar-refractivity contribution in [2.24, 2.45) is 7.05 Å². The lowest BCUT2D eigenvalue weighted by atomic mass is 10.7. The minimum atomic E-state index is 0.208. The highest BCUT2D eigenvalue weighted by molar-refractivity contribution is 7.07. The zero-order valence-electron chi connectivity index (χ0n) is 4.26. The average Bonchev–Trinajstić information content (AvgIpc) is 1.85. The largest absolute Gasteiger partial charge is 0.459 e. The highest BCUT2D eigenvalue weighted by atomic mass is 35.5. The molecule has 0 bridgehead atoms. The molecule has 0 aromatic carbocycles. The van der Waals surface area contributed by atoms with Gasteiger partial charge >= 0.3 is 5.88 Å². The summed E-state index contributed by atoms with van der Waals surface area (Å²) in [6.45, 7) is 0. The molecule has 0 saturated carbocycles. The van der Waals surface area contributed by atoms with Crippen LogP contribution in [0.3, 0.4) is 0 Å². The summed E-state index contributed by atoms with van der Waals surface area (Å²) in [7, 11) is 1.74. The summed E-state index contributed by atoms with van der Waals surface area (Å²) in [6.07, 6.45) is 0. The first kappa shape index (κ1) is 5.85. The standard InChI is InChI=1S/C4H4ClNOS/c1-6-4(7)2-3(5)8-6/h2H,1H3/p+1. The van der Waals surface area contributed by atoms with E-state index in [0.29, 0.717) is 4.34 Å². The predicted octanol–water partition coefficient (Wildman–Crippen LogP) is 0.932. The van der Waals surface area contributed by atoms with E-state index in [2.05, 4.69) is 0 Å². The van der Waals surface area contributed by atoms with Crippen molar-refractivity contribution in [1.82, 2.24) is 0 Å². The molecule has 0 aliphatic heterocycles. The maximum Gasteiger partial charge on any atom is 0.381 e. The van der Waals surface area contributed by atoms with Crippen molar-refractivity contribution in [3.63, 3.8) is 0 Å². The van der Waals surface area contributed by atoms with Crippen molar-refractivity contribution < 1.29 is 9.06 Å². The van der Waals surface area contributed by atoms with Gasteiger partial charge in [-0.2, -0.15) is 0 Å². The first-order valence-electron chi connectivity index (χ1n) is 2.05. The van der Waals surface area contributed by atoms with Crippen LogP contribution in [0.2, 0.25) is 4.34 Å². The van der Waals surface area contributed by atoms with E-state index in [0.717, 1.165) is 0 Å². The molecule has 2 nitrogen and oxygen atoms in total. The molecule has 0 radical (unpaired) electrons. The third kappa shape index (κ3) is 0.928. The van der Waals surface area contributed by atoms with Crippen LogP contribution < -0.4 is 3.96 Å². The maximum atomic E-state index is 8.83. The summed E-state index contributed by atoms with van der Waals surface area (Å²) in [5.41, 5.74) is 0. The summed E-state index contributed by atoms with van der Waals surface area (Å²) in [5.74, 6) is 0.208. The van der Waals surface area contributed by atoms with Crippen molar-refractivity contribution in [2.45, 2.75) is 0 Å². The van der Waals surface area contributed by atoms with Gasteiger partial charge in [0.15, 0.2) is 22.9 Å². The van der Waals surface area contributed by atoms with E-state index in [1.165, 1.54) is 17.6 Å². The highest BCUT2D eigenvalue weighted by Gasteiger charge is 2.08. The molecule has 0 aliphatic carbocycles. The van der Waals surface area contributed by atoms with E-state index in [1.807, 2.05) is 0 Å². The van der Waals surface area contributed by atoms with Crippen LogP contribution >= 0.6 is 23.1 Å². The molecule has 0 spiro atoms. The predicted molar refractivity (Wildman–Crippen MR) is 32.2 cm³/mol. The Labute approximate surface area is 56.1 Å². The molecule has 44 valence electrons. The first-order chi connectivity index (χ1) is 3.70. The van der Waals surface area contributed by atoms with Crippen molar-refractivity contribution in [3.05, 3.63) is 10.4 Å². The van der Waals surface area contributed by atoms with Crippen molar-refractivity contribution in [3.8, 4) is 5.88 Å². The fourth-order valence-corrected chi connectivity index (χ4v) is 1.37. The Hall–Kier alpha value is -0.280. The van der Waals surface area contributed by atoms with Crippen LogP contribution in [0.15, 0.2) is 6.07 Å². The molecule has 0 unspecified atom stereocenters. The second-order valence-corrected chi connectivity index (χ2v) is 3.20. The summed E-state index contributed by atoms with van der Waals surface area (Å²) in [6, 6.07) is 1.51. The van der Waals surface area contributed by atoms with Gasteiger partial charge < -0.3 is 5.11 Å². The zero-order valence-corrected chi connectivity index (χ0v) is 5.83. The van der Waals surface area contributed by atoms with Gasteiger partial charge in [-0.15, -0.1) is 3.96 Å². The van der Waals surface area contributed by atoms with Gasteiger partial charge in [-0.05, 0) is 0 Å². The van der Waals surface area contributed by atoms with Gasteiger partial charge in [0.2, 0.25) is 0 Å². The lowest BCUT2D eigenvalue weighted by Gasteiger charge is -1.71. The summed E-state index contributed by atoms with van der Waals surface area (Å²) < 4.78 is 2.19. The number of aromatic hydroxyl groups is 1. The van der Waals surface area contributed by atoms with Gasteiger partial charge in [0.25, 0.3) is 0 Å². The van der Waals surface area contributed by atoms with Gasteiger partial charge in [-0.3, -0.25) is 0 Å². The summed E-state index contributed by atoms with van der Waals surface area (Å²) in [5, 5.41) is 8.83. The SMILES string of the molecule is C[n+]1sc(Cl)cc1O. The van der Waals surface area contributed by atoms with E-state index in [4.69, 9.17) is 16.7 Å². The Balaban J connectivity index is 3.14. The first-order valence-corrected chi connectivity index (χ1v) is 3.20. The van der Waals surface area contributed by atoms with Crippen molar-refractivity contribution in [2.75, 3.05) is 0 Å². The molecule has 1 aromatic rings. The number of aromatic nitrogens is 1. The van der Waals surface area contributed by atoms with Gasteiger partial charge in [-0.25, -0.2) is 0 Å². The summed E-state index contributed by atoms with van der Waals surface area (Å²) in [4.78, 5) is 0. The summed E-state index contributed by atoms with van der Waals surface area (Å²) >= 11 is 6.80. The van der Waals surface area contributed by atoms with Crippen LogP contribution in [0.1, 0.15) is 0 Å². The Kier molecular flexibility index (Phi) is 1.40. The maximum absolute atomic E-state index is 8.83. The topological polar surface area (TPSA) is 24.1 Å². The Morgan fingerprint density at radius 2 is 2.50 bits per heavy atom. The van der Waals surface area contributed by atoms with Gasteiger partial charge in [0.1, 0.15) is 0 Å². The fourth-order valence-electron chi connectivity index (χ4n) is 0.396. The zero-order chi connectivity index (χ0) is 6.15. The van der Waals surface area contributed by atoms with Gasteiger partial charge in [0, 0.05) is 0 Å². The van der Waals surface area contributed by atoms with Crippen LogP contribution in [0, 0.1) is 0 Å². The van der Waals surface area contributed by atoms with Crippen LogP contribution in [0.25, 0.3) is 0 Å². The van der Waals surface area contributed by atoms with E-state index >= 15 is 0 Å². The average molecular weight is 151 g/mol. The fraction of sp³-hybridized carbons (Fsp3) is 0.250. The van der Waals surface area contributed by atoms with Crippen molar-refractivity contribution >= 4 is 23.1 Å². The molecule has 0 atom stereocenters. The third-order valence-corrected chi connectivity index (χ3v) is 1.86. The van der Waals surface area contributed by atoms with Gasteiger partial charge in [-0.1, -0.05) is 11.6 Å². The number of halogens is 1. The quantitative estimate of drug-likeness (QED) is 0.547. The number of hydrogen-bond acceptors (Lipinski definition) is 2. The van der Waals surface area contributed by atoms with Crippen LogP contribution in [0.5, 0.6) is 5.88 Å². The van der Waals surface area contributed by atoms with Crippen LogP contribution in [0.4, 0.5) is 0 Å². The lowest BCUT2D eigenvalue weighted by molar-refractivity contribution is -0.608. The van der Waals surface area contributed by atoms with E-state index < -0.39 is 0 Å². The van der Waals surface area contributed by atoms with Crippen LogP contribution in [-0.2, 0) is 7.05 Å². The second-order valence-electron chi connectivity index (χ2n) is 1.40. The third-order valence-electron chi connectivity index (χ3n) is 0.789. The number of rotatable bonds is 0. The molecule has 1 heterocycles. The molecule has 8 heavy (non-hydrogen) atoms. The lowest BCUT2D eigenvalue weighted by Crippen LogP contribution is -2.20. The second kappa shape index (κ2) is 1.91. The van der Waals surface area contributed by atoms with E-state index in [1.54, 1.807) is 11.0 Å². The van der Waals surface area contributed by atoms with E-state index in [-0.39, 0.29) is 5.88 Å². The van der Waals surface area contributed by atoms with E-state index in [9.17, 15) is 0 Å². The molecule has 1 aromatic heterocycles. The number of aryl methyl sites for hydroxylation is 1. The monoisotopic (exact) mass is 150 g/mol. The molecular weight excluding hydrogens is 146 g/mol. The molecule has 1 rings (SSSR count). The normalized spacial score (nSPS) is 9.75. The minimum absolute atomic E-state index is 0.208. The Bertz CT molecular complexity index is 178. The molecule has 0 amide bonds. The van der Waals surface area contributed by atoms with Gasteiger partial charge in [0.05, 0.1) is 6.07 Å². The smallest absolute Gasteiger partial charge is 0.381 e. The minimum Gasteiger partial charge on any atom is -0.459 e. The highest BCUT2D eigenvalue weighted by Crippen LogP contribution is 2.16. The molecule has 1 N–H and O–H groups in total. The Morgan fingerprint density at radius 1 is 1.88 bits per heavy atom. The Morgan fingerprint density at radius 3 is 2.62 bits per heavy atom. The molecular formula is C4H5ClNOS+.